The maximum atomic E-state index is 12.2. The summed E-state index contributed by atoms with van der Waals surface area (Å²) in [6, 6.07) is 9.32. The topological polar surface area (TPSA) is 134 Å². The van der Waals surface area contributed by atoms with E-state index in [-0.39, 0.29) is 17.0 Å². The van der Waals surface area contributed by atoms with Gasteiger partial charge in [-0.15, -0.1) is 0 Å². The molecule has 0 aliphatic heterocycles. The minimum absolute atomic E-state index is 0.0956. The van der Waals surface area contributed by atoms with Crippen molar-refractivity contribution in [1.29, 1.82) is 0 Å². The molecule has 0 bridgehead atoms. The summed E-state index contributed by atoms with van der Waals surface area (Å²) in [5.41, 5.74) is 5.86. The largest absolute Gasteiger partial charge is 0.858 e. The normalized spacial score (nSPS) is 11.9. The summed E-state index contributed by atoms with van der Waals surface area (Å²) in [6.07, 6.45) is 0.415. The lowest BCUT2D eigenvalue weighted by molar-refractivity contribution is -0.213. The second kappa shape index (κ2) is 8.74. The van der Waals surface area contributed by atoms with Crippen LogP contribution >= 0.6 is 11.6 Å². The number of rotatable bonds is 7. The Morgan fingerprint density at radius 2 is 1.93 bits per heavy atom. The zero-order valence-electron chi connectivity index (χ0n) is 14.3. The van der Waals surface area contributed by atoms with Crippen LogP contribution in [0.3, 0.4) is 0 Å². The highest BCUT2D eigenvalue weighted by atomic mass is 35.5. The summed E-state index contributed by atoms with van der Waals surface area (Å²) in [6.45, 7) is 0.195. The van der Waals surface area contributed by atoms with Crippen molar-refractivity contribution in [2.24, 2.45) is 10.7 Å². The highest BCUT2D eigenvalue weighted by molar-refractivity contribution is 7.90. The average molecular weight is 411 g/mol. The van der Waals surface area contributed by atoms with Crippen molar-refractivity contribution in [1.82, 2.24) is 4.72 Å². The number of benzene rings is 2. The minimum atomic E-state index is -3.99. The molecule has 2 aromatic carbocycles. The molecule has 3 N–H and O–H groups in total. The van der Waals surface area contributed by atoms with E-state index in [4.69, 9.17) is 22.1 Å². The molecule has 0 heterocycles. The van der Waals surface area contributed by atoms with Crippen LogP contribution in [0.15, 0.2) is 52.4 Å². The van der Waals surface area contributed by atoms with Gasteiger partial charge in [-0.1, -0.05) is 23.7 Å². The Labute approximate surface area is 161 Å². The van der Waals surface area contributed by atoms with Gasteiger partial charge >= 0.3 is 6.03 Å². The predicted octanol–water partition coefficient (Wildman–Crippen LogP) is 1.06. The molecule has 27 heavy (non-hydrogen) atoms. The van der Waals surface area contributed by atoms with E-state index in [2.05, 4.69) is 4.99 Å². The third kappa shape index (κ3) is 5.60. The number of nitrogens with zero attached hydrogens (tertiary/aromatic N) is 1. The van der Waals surface area contributed by atoms with Crippen molar-refractivity contribution in [3.63, 3.8) is 0 Å². The summed E-state index contributed by atoms with van der Waals surface area (Å²) in [5.74, 6) is -0.0798. The molecule has 8 nitrogen and oxygen atoms in total. The van der Waals surface area contributed by atoms with Crippen LogP contribution < -0.4 is 20.3 Å². The fourth-order valence-corrected chi connectivity index (χ4v) is 3.29. The molecule has 2 aromatic rings. The predicted molar refractivity (Wildman–Crippen MR) is 99.5 cm³/mol. The Balaban J connectivity index is 2.06. The van der Waals surface area contributed by atoms with Crippen molar-refractivity contribution in [3.8, 4) is 5.75 Å². The first-order valence-electron chi connectivity index (χ1n) is 7.69. The molecule has 0 saturated carbocycles. The van der Waals surface area contributed by atoms with Crippen LogP contribution in [-0.2, 0) is 16.4 Å². The SMILES string of the molecule is COc1ccc(Cl)cc1C([O-])=NCCc1ccc(S(=O)(=O)NC(N)=O)cc1. The summed E-state index contributed by atoms with van der Waals surface area (Å²) < 4.78 is 30.4. The number of sulfonamides is 1. The number of hydrogen-bond acceptors (Lipinski definition) is 6. The first-order valence-corrected chi connectivity index (χ1v) is 9.55. The van der Waals surface area contributed by atoms with Crippen LogP contribution in [0.5, 0.6) is 5.75 Å². The van der Waals surface area contributed by atoms with E-state index in [0.29, 0.717) is 17.2 Å². The van der Waals surface area contributed by atoms with E-state index in [9.17, 15) is 18.3 Å². The molecule has 0 aliphatic rings. The van der Waals surface area contributed by atoms with Gasteiger partial charge in [-0.2, -0.15) is 0 Å². The lowest BCUT2D eigenvalue weighted by Crippen LogP contribution is -2.34. The van der Waals surface area contributed by atoms with Crippen LogP contribution in [0.25, 0.3) is 0 Å². The quantitative estimate of drug-likeness (QED) is 0.519. The van der Waals surface area contributed by atoms with E-state index < -0.39 is 22.0 Å². The third-order valence-electron chi connectivity index (χ3n) is 3.52. The molecule has 0 spiro atoms. The smallest absolute Gasteiger partial charge is 0.326 e. The van der Waals surface area contributed by atoms with Crippen molar-refractivity contribution in [2.75, 3.05) is 13.7 Å². The molecular weight excluding hydrogens is 394 g/mol. The number of halogens is 1. The molecule has 0 radical (unpaired) electrons. The van der Waals surface area contributed by atoms with E-state index in [1.807, 2.05) is 0 Å². The Morgan fingerprint density at radius 1 is 1.26 bits per heavy atom. The fourth-order valence-electron chi connectivity index (χ4n) is 2.25. The van der Waals surface area contributed by atoms with Crippen molar-refractivity contribution in [3.05, 3.63) is 58.6 Å². The third-order valence-corrected chi connectivity index (χ3v) is 5.11. The van der Waals surface area contributed by atoms with Gasteiger partial charge in [0.25, 0.3) is 10.0 Å². The number of aliphatic imine (C=N–C) groups is 1. The Morgan fingerprint density at radius 3 is 2.52 bits per heavy atom. The minimum Gasteiger partial charge on any atom is -0.858 e. The molecule has 0 unspecified atom stereocenters. The van der Waals surface area contributed by atoms with Crippen molar-refractivity contribution >= 4 is 33.6 Å². The van der Waals surface area contributed by atoms with Gasteiger partial charge in [0, 0.05) is 17.1 Å². The first kappa shape index (κ1) is 20.5. The number of primary amides is 1. The van der Waals surface area contributed by atoms with Crippen LogP contribution in [0.1, 0.15) is 11.1 Å². The van der Waals surface area contributed by atoms with E-state index in [1.165, 1.54) is 25.3 Å². The molecule has 10 heteroatoms. The molecule has 0 saturated heterocycles. The highest BCUT2D eigenvalue weighted by Gasteiger charge is 2.15. The maximum Gasteiger partial charge on any atom is 0.326 e. The zero-order chi connectivity index (χ0) is 20.0. The second-order valence-electron chi connectivity index (χ2n) is 5.40. The first-order chi connectivity index (χ1) is 12.7. The number of carbonyl (C=O) groups is 1. The molecule has 0 aromatic heterocycles. The van der Waals surface area contributed by atoms with Crippen molar-refractivity contribution < 1.29 is 23.1 Å². The molecule has 2 rings (SSSR count). The second-order valence-corrected chi connectivity index (χ2v) is 7.51. The Bertz CT molecular complexity index is 959. The van der Waals surface area contributed by atoms with Gasteiger partial charge in [-0.05, 0) is 48.2 Å². The lowest BCUT2D eigenvalue weighted by Gasteiger charge is -2.15. The molecule has 0 atom stereocenters. The molecule has 2 amide bonds. The summed E-state index contributed by atoms with van der Waals surface area (Å²) in [4.78, 5) is 14.6. The van der Waals surface area contributed by atoms with Gasteiger partial charge in [0.2, 0.25) is 0 Å². The summed E-state index contributed by atoms with van der Waals surface area (Å²) in [7, 11) is -2.54. The van der Waals surface area contributed by atoms with E-state index >= 15 is 0 Å². The number of nitrogens with one attached hydrogen (secondary N) is 1. The fraction of sp³-hybridized carbons (Fsp3) is 0.176. The van der Waals surface area contributed by atoms with Gasteiger partial charge in [-0.3, -0.25) is 0 Å². The van der Waals surface area contributed by atoms with E-state index in [0.717, 1.165) is 5.56 Å². The highest BCUT2D eigenvalue weighted by Crippen LogP contribution is 2.22. The summed E-state index contributed by atoms with van der Waals surface area (Å²) in [5, 5.41) is 12.6. The number of nitrogens with two attached hydrogens (primary N) is 1. The molecule has 0 aliphatic carbocycles. The average Bonchev–Trinajstić information content (AvgIpc) is 2.61. The summed E-state index contributed by atoms with van der Waals surface area (Å²) >= 11 is 5.90. The Hall–Kier alpha value is -2.78. The number of carbonyl (C=O) groups excluding carboxylic acids is 1. The van der Waals surface area contributed by atoms with Gasteiger partial charge in [0.15, 0.2) is 0 Å². The van der Waals surface area contributed by atoms with Gasteiger partial charge < -0.3 is 20.6 Å². The van der Waals surface area contributed by atoms with Crippen LogP contribution in [0.4, 0.5) is 4.79 Å². The standard InChI is InChI=1S/C17H18ClN3O5S/c1-26-15-7-4-12(18)10-14(15)16(22)20-9-8-11-2-5-13(6-3-11)27(24,25)21-17(19)23/h2-7,10H,8-9H2,1H3,(H,20,22)(H3,19,21,23)/p-1. The van der Waals surface area contributed by atoms with E-state index in [1.54, 1.807) is 29.0 Å². The van der Waals surface area contributed by atoms with Crippen LogP contribution in [-0.4, -0.2) is 34.0 Å². The monoisotopic (exact) mass is 410 g/mol. The molecule has 0 fully saturated rings. The van der Waals surface area contributed by atoms with Gasteiger partial charge in [0.1, 0.15) is 5.75 Å². The van der Waals surface area contributed by atoms with Gasteiger partial charge in [0.05, 0.1) is 12.0 Å². The number of urea groups is 1. The van der Waals surface area contributed by atoms with Gasteiger partial charge in [-0.25, -0.2) is 17.9 Å². The molecule has 144 valence electrons. The molecular formula is C17H17ClN3O5S-. The maximum absolute atomic E-state index is 12.2. The van der Waals surface area contributed by atoms with Crippen LogP contribution in [0.2, 0.25) is 5.02 Å². The zero-order valence-corrected chi connectivity index (χ0v) is 15.9. The number of amides is 2. The lowest BCUT2D eigenvalue weighted by atomic mass is 10.1. The van der Waals surface area contributed by atoms with Crippen LogP contribution in [0, 0.1) is 0 Å². The van der Waals surface area contributed by atoms with Crippen molar-refractivity contribution in [2.45, 2.75) is 11.3 Å². The Kier molecular flexibility index (Phi) is 6.65. The number of hydrogen-bond donors (Lipinski definition) is 2. The number of ether oxygens (including phenoxy) is 1. The number of methoxy groups -OCH3 is 1.